The zero-order valence-electron chi connectivity index (χ0n) is 8.99. The van der Waals surface area contributed by atoms with Gasteiger partial charge in [-0.15, -0.1) is 0 Å². The maximum Gasteiger partial charge on any atom is 0.251 e. The zero-order valence-corrected chi connectivity index (χ0v) is 8.99. The summed E-state index contributed by atoms with van der Waals surface area (Å²) >= 11 is 0. The SMILES string of the molecule is Cc1occc1-c1nc(C2CC2)cc(=O)[nH]1. The van der Waals surface area contributed by atoms with Gasteiger partial charge in [-0.25, -0.2) is 4.98 Å². The second kappa shape index (κ2) is 3.33. The van der Waals surface area contributed by atoms with Gasteiger partial charge in [-0.3, -0.25) is 4.79 Å². The topological polar surface area (TPSA) is 58.9 Å². The quantitative estimate of drug-likeness (QED) is 0.837. The van der Waals surface area contributed by atoms with E-state index in [0.29, 0.717) is 11.7 Å². The predicted molar refractivity (Wildman–Crippen MR) is 59.3 cm³/mol. The lowest BCUT2D eigenvalue weighted by Gasteiger charge is -2.01. The van der Waals surface area contributed by atoms with E-state index in [2.05, 4.69) is 9.97 Å². The second-order valence-corrected chi connectivity index (χ2v) is 4.18. The molecule has 0 saturated heterocycles. The zero-order chi connectivity index (χ0) is 11.1. The van der Waals surface area contributed by atoms with Crippen molar-refractivity contribution in [1.82, 2.24) is 9.97 Å². The Morgan fingerprint density at radius 1 is 1.50 bits per heavy atom. The summed E-state index contributed by atoms with van der Waals surface area (Å²) in [5.41, 5.74) is 1.67. The Morgan fingerprint density at radius 3 is 2.94 bits per heavy atom. The largest absolute Gasteiger partial charge is 0.469 e. The van der Waals surface area contributed by atoms with Gasteiger partial charge in [-0.1, -0.05) is 0 Å². The first-order chi connectivity index (χ1) is 7.74. The van der Waals surface area contributed by atoms with Gasteiger partial charge in [0.15, 0.2) is 0 Å². The highest BCUT2D eigenvalue weighted by molar-refractivity contribution is 5.56. The molecule has 1 saturated carbocycles. The van der Waals surface area contributed by atoms with Crippen LogP contribution < -0.4 is 5.56 Å². The summed E-state index contributed by atoms with van der Waals surface area (Å²) in [5.74, 6) is 1.87. The van der Waals surface area contributed by atoms with Gasteiger partial charge >= 0.3 is 0 Å². The van der Waals surface area contributed by atoms with Crippen LogP contribution >= 0.6 is 0 Å². The summed E-state index contributed by atoms with van der Waals surface area (Å²) in [7, 11) is 0. The number of aromatic amines is 1. The number of hydrogen-bond acceptors (Lipinski definition) is 3. The molecule has 0 spiro atoms. The average molecular weight is 216 g/mol. The van der Waals surface area contributed by atoms with Crippen LogP contribution in [0.25, 0.3) is 11.4 Å². The molecule has 0 radical (unpaired) electrons. The van der Waals surface area contributed by atoms with Gasteiger partial charge in [0.1, 0.15) is 11.6 Å². The smallest absolute Gasteiger partial charge is 0.251 e. The minimum absolute atomic E-state index is 0.0903. The lowest BCUT2D eigenvalue weighted by atomic mass is 10.2. The first kappa shape index (κ1) is 9.39. The van der Waals surface area contributed by atoms with Crippen molar-refractivity contribution in [3.8, 4) is 11.4 Å². The Kier molecular flexibility index (Phi) is 1.96. The fourth-order valence-electron chi connectivity index (χ4n) is 1.82. The molecule has 1 aliphatic rings. The van der Waals surface area contributed by atoms with Crippen LogP contribution in [-0.4, -0.2) is 9.97 Å². The third-order valence-electron chi connectivity index (χ3n) is 2.87. The molecule has 1 N–H and O–H groups in total. The maximum atomic E-state index is 11.5. The Bertz CT molecular complexity index is 579. The number of H-pyrrole nitrogens is 1. The van der Waals surface area contributed by atoms with Gasteiger partial charge in [0.2, 0.25) is 0 Å². The number of furan rings is 1. The van der Waals surface area contributed by atoms with Crippen LogP contribution in [0.2, 0.25) is 0 Å². The van der Waals surface area contributed by atoms with E-state index in [1.165, 1.54) is 0 Å². The van der Waals surface area contributed by atoms with Gasteiger partial charge in [0.05, 0.1) is 17.5 Å². The molecule has 2 heterocycles. The van der Waals surface area contributed by atoms with Crippen molar-refractivity contribution in [2.75, 3.05) is 0 Å². The molecule has 0 atom stereocenters. The van der Waals surface area contributed by atoms with Crippen LogP contribution in [0.3, 0.4) is 0 Å². The molecule has 0 aliphatic heterocycles. The van der Waals surface area contributed by atoms with Crippen molar-refractivity contribution in [3.05, 3.63) is 40.2 Å². The standard InChI is InChI=1S/C12H12N2O2/c1-7-9(4-5-16-7)12-13-10(8-2-3-8)6-11(15)14-12/h4-6,8H,2-3H2,1H3,(H,13,14,15). The van der Waals surface area contributed by atoms with Crippen molar-refractivity contribution in [1.29, 1.82) is 0 Å². The summed E-state index contributed by atoms with van der Waals surface area (Å²) in [6.07, 6.45) is 3.88. The van der Waals surface area contributed by atoms with Crippen LogP contribution in [0, 0.1) is 6.92 Å². The maximum absolute atomic E-state index is 11.5. The van der Waals surface area contributed by atoms with Gasteiger partial charge < -0.3 is 9.40 Å². The first-order valence-corrected chi connectivity index (χ1v) is 5.40. The van der Waals surface area contributed by atoms with E-state index in [1.807, 2.05) is 13.0 Å². The number of nitrogens with one attached hydrogen (secondary N) is 1. The van der Waals surface area contributed by atoms with Gasteiger partial charge in [-0.05, 0) is 25.8 Å². The monoisotopic (exact) mass is 216 g/mol. The van der Waals surface area contributed by atoms with Gasteiger partial charge in [-0.2, -0.15) is 0 Å². The lowest BCUT2D eigenvalue weighted by molar-refractivity contribution is 0.535. The number of rotatable bonds is 2. The van der Waals surface area contributed by atoms with E-state index in [9.17, 15) is 4.79 Å². The molecule has 0 unspecified atom stereocenters. The molecular formula is C12H12N2O2. The Balaban J connectivity index is 2.13. The fraction of sp³-hybridized carbons (Fsp3) is 0.333. The molecule has 0 bridgehead atoms. The van der Waals surface area contributed by atoms with E-state index in [4.69, 9.17) is 4.42 Å². The van der Waals surface area contributed by atoms with Crippen molar-refractivity contribution >= 4 is 0 Å². The van der Waals surface area contributed by atoms with Crippen LogP contribution in [0.5, 0.6) is 0 Å². The van der Waals surface area contributed by atoms with E-state index >= 15 is 0 Å². The summed E-state index contributed by atoms with van der Waals surface area (Å²) in [6, 6.07) is 3.42. The van der Waals surface area contributed by atoms with Crippen LogP contribution in [0.15, 0.2) is 27.6 Å². The Morgan fingerprint density at radius 2 is 2.31 bits per heavy atom. The normalized spacial score (nSPS) is 15.3. The van der Waals surface area contributed by atoms with E-state index < -0.39 is 0 Å². The first-order valence-electron chi connectivity index (χ1n) is 5.40. The Hall–Kier alpha value is -1.84. The molecule has 2 aromatic rings. The fourth-order valence-corrected chi connectivity index (χ4v) is 1.82. The molecule has 82 valence electrons. The van der Waals surface area contributed by atoms with E-state index in [1.54, 1.807) is 12.3 Å². The predicted octanol–water partition coefficient (Wildman–Crippen LogP) is 2.22. The second-order valence-electron chi connectivity index (χ2n) is 4.18. The third-order valence-corrected chi connectivity index (χ3v) is 2.87. The molecule has 0 amide bonds. The van der Waals surface area contributed by atoms with Crippen LogP contribution in [0.4, 0.5) is 0 Å². The average Bonchev–Trinajstić information content (AvgIpc) is 3.01. The summed E-state index contributed by atoms with van der Waals surface area (Å²) in [4.78, 5) is 18.8. The number of aryl methyl sites for hydroxylation is 1. The van der Waals surface area contributed by atoms with Crippen molar-refractivity contribution in [2.24, 2.45) is 0 Å². The van der Waals surface area contributed by atoms with E-state index in [0.717, 1.165) is 29.9 Å². The van der Waals surface area contributed by atoms with Crippen molar-refractivity contribution in [3.63, 3.8) is 0 Å². The highest BCUT2D eigenvalue weighted by Crippen LogP contribution is 2.38. The Labute approximate surface area is 92.3 Å². The van der Waals surface area contributed by atoms with Gasteiger partial charge in [0, 0.05) is 12.0 Å². The molecule has 3 rings (SSSR count). The van der Waals surface area contributed by atoms with Gasteiger partial charge in [0.25, 0.3) is 5.56 Å². The lowest BCUT2D eigenvalue weighted by Crippen LogP contribution is -2.09. The highest BCUT2D eigenvalue weighted by atomic mass is 16.3. The number of nitrogens with zero attached hydrogens (tertiary/aromatic N) is 1. The summed E-state index contributed by atoms with van der Waals surface area (Å²) in [6.45, 7) is 1.86. The minimum atomic E-state index is -0.0903. The molecule has 16 heavy (non-hydrogen) atoms. The molecule has 0 aromatic carbocycles. The number of hydrogen-bond donors (Lipinski definition) is 1. The van der Waals surface area contributed by atoms with Crippen LogP contribution in [0.1, 0.15) is 30.2 Å². The van der Waals surface area contributed by atoms with Crippen molar-refractivity contribution in [2.45, 2.75) is 25.7 Å². The molecular weight excluding hydrogens is 204 g/mol. The summed E-state index contributed by atoms with van der Waals surface area (Å²) in [5, 5.41) is 0. The van der Waals surface area contributed by atoms with Crippen LogP contribution in [-0.2, 0) is 0 Å². The molecule has 4 nitrogen and oxygen atoms in total. The number of aromatic nitrogens is 2. The molecule has 1 aliphatic carbocycles. The summed E-state index contributed by atoms with van der Waals surface area (Å²) < 4.78 is 5.21. The molecule has 2 aromatic heterocycles. The van der Waals surface area contributed by atoms with Crippen molar-refractivity contribution < 1.29 is 4.42 Å². The van der Waals surface area contributed by atoms with E-state index in [-0.39, 0.29) is 5.56 Å². The molecule has 4 heteroatoms. The third kappa shape index (κ3) is 1.56. The minimum Gasteiger partial charge on any atom is -0.469 e. The highest BCUT2D eigenvalue weighted by Gasteiger charge is 2.26. The molecule has 1 fully saturated rings.